The van der Waals surface area contributed by atoms with Crippen LogP contribution >= 0.6 is 0 Å². The summed E-state index contributed by atoms with van der Waals surface area (Å²) in [6, 6.07) is 6.21. The van der Waals surface area contributed by atoms with Crippen LogP contribution in [0.4, 0.5) is 0 Å². The second-order valence-corrected chi connectivity index (χ2v) is 9.74. The van der Waals surface area contributed by atoms with Gasteiger partial charge in [0.1, 0.15) is 0 Å². The minimum Gasteiger partial charge on any atom is -0.493 e. The fourth-order valence-electron chi connectivity index (χ4n) is 3.96. The summed E-state index contributed by atoms with van der Waals surface area (Å²) in [5.74, 6) is 0.156. The molecule has 1 fully saturated rings. The molecule has 1 atom stereocenters. The molecular weight excluding hydrogens is 422 g/mol. The number of ether oxygens (including phenoxy) is 3. The van der Waals surface area contributed by atoms with E-state index in [2.05, 4.69) is 0 Å². The highest BCUT2D eigenvalue weighted by Gasteiger charge is 2.31. The number of esters is 1. The number of hydrogen-bond donors (Lipinski definition) is 0. The first kappa shape index (κ1) is 22.9. The van der Waals surface area contributed by atoms with Gasteiger partial charge in [-0.25, -0.2) is 13.2 Å². The van der Waals surface area contributed by atoms with E-state index in [0.29, 0.717) is 35.8 Å². The highest BCUT2D eigenvalue weighted by Crippen LogP contribution is 2.30. The van der Waals surface area contributed by atoms with Crippen LogP contribution < -0.4 is 9.47 Å². The molecule has 0 bridgehead atoms. The van der Waals surface area contributed by atoms with E-state index in [0.717, 1.165) is 5.69 Å². The highest BCUT2D eigenvalue weighted by atomic mass is 32.2. The number of carbonyl (C=O) groups is 2. The minimum absolute atomic E-state index is 0.0750. The van der Waals surface area contributed by atoms with Gasteiger partial charge in [0.05, 0.1) is 30.8 Å². The van der Waals surface area contributed by atoms with Crippen molar-refractivity contribution in [3.63, 3.8) is 0 Å². The van der Waals surface area contributed by atoms with Gasteiger partial charge in [0, 0.05) is 23.0 Å². The molecule has 0 aliphatic carbocycles. The summed E-state index contributed by atoms with van der Waals surface area (Å²) >= 11 is 0. The second-order valence-electron chi connectivity index (χ2n) is 7.51. The van der Waals surface area contributed by atoms with Crippen molar-refractivity contribution in [2.75, 3.05) is 31.8 Å². The molecule has 0 amide bonds. The predicted molar refractivity (Wildman–Crippen MR) is 115 cm³/mol. The van der Waals surface area contributed by atoms with Crippen molar-refractivity contribution < 1.29 is 32.2 Å². The number of sulfone groups is 1. The van der Waals surface area contributed by atoms with Gasteiger partial charge in [-0.2, -0.15) is 0 Å². The van der Waals surface area contributed by atoms with Gasteiger partial charge in [0.2, 0.25) is 5.78 Å². The summed E-state index contributed by atoms with van der Waals surface area (Å²) in [7, 11) is -1.54. The number of methoxy groups -OCH3 is 1. The summed E-state index contributed by atoms with van der Waals surface area (Å²) < 4.78 is 41.5. The standard InChI is InChI=1S/C22H27NO7S/c1-5-29-21-11-16(6-7-20(21)28-4)22(25)30-12-19(24)18-10-14(2)23(15(18)3)17-8-9-31(26,27)13-17/h6-7,10-11,17H,5,8-9,12-13H2,1-4H3. The Kier molecular flexibility index (Phi) is 6.74. The van der Waals surface area contributed by atoms with Gasteiger partial charge >= 0.3 is 5.97 Å². The maximum atomic E-state index is 12.7. The molecule has 1 saturated heterocycles. The van der Waals surface area contributed by atoms with E-state index in [-0.39, 0.29) is 28.9 Å². The number of hydrogen-bond acceptors (Lipinski definition) is 7. The molecule has 1 aliphatic rings. The maximum absolute atomic E-state index is 12.7. The molecule has 0 saturated carbocycles. The molecular formula is C22H27NO7S. The number of benzene rings is 1. The highest BCUT2D eigenvalue weighted by molar-refractivity contribution is 7.91. The van der Waals surface area contributed by atoms with E-state index in [4.69, 9.17) is 14.2 Å². The number of ketones is 1. The van der Waals surface area contributed by atoms with Crippen LogP contribution in [0.5, 0.6) is 11.5 Å². The number of nitrogens with zero attached hydrogens (tertiary/aromatic N) is 1. The van der Waals surface area contributed by atoms with E-state index in [9.17, 15) is 18.0 Å². The van der Waals surface area contributed by atoms with Crippen LogP contribution in [0, 0.1) is 13.8 Å². The van der Waals surface area contributed by atoms with E-state index < -0.39 is 22.4 Å². The lowest BCUT2D eigenvalue weighted by atomic mass is 10.1. The topological polar surface area (TPSA) is 101 Å². The van der Waals surface area contributed by atoms with Crippen LogP contribution in [-0.4, -0.2) is 56.6 Å². The van der Waals surface area contributed by atoms with Crippen molar-refractivity contribution in [2.45, 2.75) is 33.2 Å². The van der Waals surface area contributed by atoms with Crippen LogP contribution in [0.1, 0.15) is 51.5 Å². The fraction of sp³-hybridized carbons (Fsp3) is 0.455. The Hall–Kier alpha value is -2.81. The Bertz CT molecular complexity index is 1100. The van der Waals surface area contributed by atoms with Crippen molar-refractivity contribution in [2.24, 2.45) is 0 Å². The van der Waals surface area contributed by atoms with Gasteiger partial charge in [-0.1, -0.05) is 0 Å². The van der Waals surface area contributed by atoms with Gasteiger partial charge in [0.15, 0.2) is 27.9 Å². The summed E-state index contributed by atoms with van der Waals surface area (Å²) in [4.78, 5) is 25.2. The Morgan fingerprint density at radius 3 is 2.52 bits per heavy atom. The number of aromatic nitrogens is 1. The fourth-order valence-corrected chi connectivity index (χ4v) is 5.66. The van der Waals surface area contributed by atoms with Crippen LogP contribution in [-0.2, 0) is 14.6 Å². The quantitative estimate of drug-likeness (QED) is 0.451. The third kappa shape index (κ3) is 4.92. The van der Waals surface area contributed by atoms with E-state index in [1.54, 1.807) is 25.1 Å². The molecule has 9 heteroatoms. The minimum atomic E-state index is -3.05. The van der Waals surface area contributed by atoms with Crippen LogP contribution in [0.2, 0.25) is 0 Å². The van der Waals surface area contributed by atoms with Gasteiger partial charge in [-0.15, -0.1) is 0 Å². The van der Waals surface area contributed by atoms with Crippen LogP contribution in [0.15, 0.2) is 24.3 Å². The Morgan fingerprint density at radius 1 is 1.16 bits per heavy atom. The number of aryl methyl sites for hydroxylation is 1. The van der Waals surface area contributed by atoms with Crippen molar-refractivity contribution in [1.82, 2.24) is 4.57 Å². The van der Waals surface area contributed by atoms with Crippen LogP contribution in [0.3, 0.4) is 0 Å². The first-order chi connectivity index (χ1) is 14.7. The van der Waals surface area contributed by atoms with Crippen molar-refractivity contribution in [1.29, 1.82) is 0 Å². The summed E-state index contributed by atoms with van der Waals surface area (Å²) in [5, 5.41) is 0. The largest absolute Gasteiger partial charge is 0.493 e. The lowest BCUT2D eigenvalue weighted by molar-refractivity contribution is 0.0474. The zero-order chi connectivity index (χ0) is 22.8. The summed E-state index contributed by atoms with van der Waals surface area (Å²) in [5.41, 5.74) is 2.17. The zero-order valence-corrected chi connectivity index (χ0v) is 19.0. The monoisotopic (exact) mass is 449 g/mol. The molecule has 2 heterocycles. The lowest BCUT2D eigenvalue weighted by Crippen LogP contribution is -2.17. The molecule has 0 radical (unpaired) electrons. The molecule has 2 aromatic rings. The predicted octanol–water partition coefficient (Wildman–Crippen LogP) is 2.91. The number of Topliss-reactive ketones (excluding diaryl/α,β-unsaturated/α-hetero) is 1. The molecule has 0 N–H and O–H groups in total. The average molecular weight is 450 g/mol. The third-order valence-electron chi connectivity index (χ3n) is 5.39. The summed E-state index contributed by atoms with van der Waals surface area (Å²) in [6.07, 6.45) is 0.529. The average Bonchev–Trinajstić information content (AvgIpc) is 3.23. The SMILES string of the molecule is CCOc1cc(C(=O)OCC(=O)c2cc(C)n(C3CCS(=O)(=O)C3)c2C)ccc1OC. The third-order valence-corrected chi connectivity index (χ3v) is 7.14. The Morgan fingerprint density at radius 2 is 1.90 bits per heavy atom. The van der Waals surface area contributed by atoms with E-state index in [1.165, 1.54) is 13.2 Å². The van der Waals surface area contributed by atoms with Crippen molar-refractivity contribution >= 4 is 21.6 Å². The Balaban J connectivity index is 1.71. The molecule has 3 rings (SSSR count). The maximum Gasteiger partial charge on any atom is 0.338 e. The van der Waals surface area contributed by atoms with Gasteiger partial charge in [-0.05, 0) is 51.5 Å². The lowest BCUT2D eigenvalue weighted by Gasteiger charge is -2.16. The van der Waals surface area contributed by atoms with E-state index in [1.807, 2.05) is 18.4 Å². The number of carbonyl (C=O) groups excluding carboxylic acids is 2. The number of rotatable bonds is 8. The zero-order valence-electron chi connectivity index (χ0n) is 18.1. The molecule has 1 aromatic carbocycles. The molecule has 1 aliphatic heterocycles. The molecule has 168 valence electrons. The molecule has 8 nitrogen and oxygen atoms in total. The first-order valence-corrected chi connectivity index (χ1v) is 11.9. The van der Waals surface area contributed by atoms with E-state index >= 15 is 0 Å². The smallest absolute Gasteiger partial charge is 0.338 e. The van der Waals surface area contributed by atoms with Gasteiger partial charge < -0.3 is 18.8 Å². The first-order valence-electron chi connectivity index (χ1n) is 10.1. The molecule has 31 heavy (non-hydrogen) atoms. The van der Waals surface area contributed by atoms with Crippen molar-refractivity contribution in [3.8, 4) is 11.5 Å². The molecule has 1 unspecified atom stereocenters. The molecule has 0 spiro atoms. The Labute approximate surface area is 182 Å². The second kappa shape index (κ2) is 9.13. The van der Waals surface area contributed by atoms with Gasteiger partial charge in [-0.3, -0.25) is 4.79 Å². The van der Waals surface area contributed by atoms with Crippen LogP contribution in [0.25, 0.3) is 0 Å². The summed E-state index contributed by atoms with van der Waals surface area (Å²) in [6.45, 7) is 5.44. The normalized spacial score (nSPS) is 17.4. The molecule has 1 aromatic heterocycles. The van der Waals surface area contributed by atoms with Gasteiger partial charge in [0.25, 0.3) is 0 Å². The van der Waals surface area contributed by atoms with Crippen molar-refractivity contribution in [3.05, 3.63) is 46.8 Å².